The number of halogens is 2. The van der Waals surface area contributed by atoms with Gasteiger partial charge in [-0.05, 0) is 23.8 Å². The Morgan fingerprint density at radius 3 is 2.53 bits per heavy atom. The third-order valence-electron chi connectivity index (χ3n) is 1.75. The highest BCUT2D eigenvalue weighted by molar-refractivity contribution is 5.78. The van der Waals surface area contributed by atoms with Gasteiger partial charge in [0.1, 0.15) is 5.82 Å². The number of hydrogen-bond acceptors (Lipinski definition) is 2. The zero-order valence-corrected chi connectivity index (χ0v) is 8.11. The molecule has 0 radical (unpaired) electrons. The molecule has 0 bridgehead atoms. The third kappa shape index (κ3) is 3.50. The van der Waals surface area contributed by atoms with Crippen LogP contribution in [-0.4, -0.2) is 19.3 Å². The summed E-state index contributed by atoms with van der Waals surface area (Å²) in [7, 11) is 1.11. The van der Waals surface area contributed by atoms with Gasteiger partial charge in [-0.1, -0.05) is 18.2 Å². The number of ether oxygens (including phenoxy) is 1. The van der Waals surface area contributed by atoms with Gasteiger partial charge >= 0.3 is 5.97 Å². The van der Waals surface area contributed by atoms with Crippen molar-refractivity contribution < 1.29 is 18.3 Å². The number of alkyl halides is 1. The zero-order valence-electron chi connectivity index (χ0n) is 8.11. The Hall–Kier alpha value is -1.71. The summed E-state index contributed by atoms with van der Waals surface area (Å²) in [6.07, 6.45) is 0.653. The second-order valence-corrected chi connectivity index (χ2v) is 2.84. The summed E-state index contributed by atoms with van der Waals surface area (Å²) in [5.41, 5.74) is 0.614. The van der Waals surface area contributed by atoms with Gasteiger partial charge in [-0.15, -0.1) is 0 Å². The first-order valence-corrected chi connectivity index (χ1v) is 4.29. The Balaban J connectivity index is 2.65. The normalized spacial score (nSPS) is 12.7. The summed E-state index contributed by atoms with van der Waals surface area (Å²) in [5, 5.41) is 0. The SMILES string of the molecule is COC(=O)[C@H](F)/C=C/c1ccc(F)cc1. The lowest BCUT2D eigenvalue weighted by atomic mass is 10.2. The average Bonchev–Trinajstić information content (AvgIpc) is 2.26. The predicted octanol–water partition coefficient (Wildman–Crippen LogP) is 2.35. The minimum absolute atomic E-state index is 0.364. The van der Waals surface area contributed by atoms with Gasteiger partial charge in [-0.2, -0.15) is 0 Å². The molecule has 0 unspecified atom stereocenters. The number of carbonyl (C=O) groups excluding carboxylic acids is 1. The van der Waals surface area contributed by atoms with E-state index in [1.807, 2.05) is 0 Å². The molecular formula is C11H10F2O2. The van der Waals surface area contributed by atoms with Gasteiger partial charge in [0.05, 0.1) is 7.11 Å². The van der Waals surface area contributed by atoms with Crippen LogP contribution in [0.25, 0.3) is 6.08 Å². The van der Waals surface area contributed by atoms with Gasteiger partial charge in [0.25, 0.3) is 0 Å². The van der Waals surface area contributed by atoms with Crippen LogP contribution in [0.5, 0.6) is 0 Å². The largest absolute Gasteiger partial charge is 0.467 e. The number of carbonyl (C=O) groups is 1. The molecule has 1 aromatic carbocycles. The highest BCUT2D eigenvalue weighted by Gasteiger charge is 2.12. The Kier molecular flexibility index (Phi) is 3.97. The van der Waals surface area contributed by atoms with Crippen molar-refractivity contribution in [2.75, 3.05) is 7.11 Å². The first kappa shape index (κ1) is 11.4. The fourth-order valence-electron chi connectivity index (χ4n) is 0.961. The van der Waals surface area contributed by atoms with Crippen LogP contribution in [0.4, 0.5) is 8.78 Å². The molecule has 1 rings (SSSR count). The second-order valence-electron chi connectivity index (χ2n) is 2.84. The number of benzene rings is 1. The topological polar surface area (TPSA) is 26.3 Å². The number of rotatable bonds is 3. The van der Waals surface area contributed by atoms with Crippen LogP contribution in [0.15, 0.2) is 30.3 Å². The van der Waals surface area contributed by atoms with Crippen molar-refractivity contribution in [2.24, 2.45) is 0 Å². The zero-order chi connectivity index (χ0) is 11.3. The summed E-state index contributed by atoms with van der Waals surface area (Å²) in [6, 6.07) is 5.47. The summed E-state index contributed by atoms with van der Waals surface area (Å²) in [5.74, 6) is -1.31. The molecule has 0 aliphatic rings. The van der Waals surface area contributed by atoms with E-state index in [0.29, 0.717) is 5.56 Å². The Labute approximate surface area is 86.2 Å². The molecule has 1 aromatic rings. The van der Waals surface area contributed by atoms with Crippen LogP contribution >= 0.6 is 0 Å². The minimum atomic E-state index is -1.79. The van der Waals surface area contributed by atoms with Crippen LogP contribution in [0.3, 0.4) is 0 Å². The van der Waals surface area contributed by atoms with Crippen molar-refractivity contribution in [3.05, 3.63) is 41.7 Å². The van der Waals surface area contributed by atoms with Gasteiger partial charge < -0.3 is 4.74 Å². The molecule has 0 saturated heterocycles. The summed E-state index contributed by atoms with van der Waals surface area (Å²) >= 11 is 0. The molecule has 0 heterocycles. The monoisotopic (exact) mass is 212 g/mol. The van der Waals surface area contributed by atoms with Crippen LogP contribution in [0.2, 0.25) is 0 Å². The van der Waals surface area contributed by atoms with Gasteiger partial charge in [0, 0.05) is 0 Å². The van der Waals surface area contributed by atoms with Crippen molar-refractivity contribution in [2.45, 2.75) is 6.17 Å². The van der Waals surface area contributed by atoms with E-state index in [4.69, 9.17) is 0 Å². The molecule has 0 spiro atoms. The van der Waals surface area contributed by atoms with Gasteiger partial charge in [0.15, 0.2) is 0 Å². The van der Waals surface area contributed by atoms with Crippen LogP contribution in [0, 0.1) is 5.82 Å². The Morgan fingerprint density at radius 2 is 2.00 bits per heavy atom. The quantitative estimate of drug-likeness (QED) is 0.719. The van der Waals surface area contributed by atoms with Gasteiger partial charge in [0.2, 0.25) is 6.17 Å². The molecule has 80 valence electrons. The number of hydrogen-bond donors (Lipinski definition) is 0. The smallest absolute Gasteiger partial charge is 0.344 e. The molecule has 1 atom stereocenters. The van der Waals surface area contributed by atoms with Gasteiger partial charge in [-0.3, -0.25) is 0 Å². The highest BCUT2D eigenvalue weighted by atomic mass is 19.1. The lowest BCUT2D eigenvalue weighted by molar-refractivity contribution is -0.144. The fourth-order valence-corrected chi connectivity index (χ4v) is 0.961. The lowest BCUT2D eigenvalue weighted by Gasteiger charge is -1.99. The maximum atomic E-state index is 12.9. The first-order chi connectivity index (χ1) is 7.13. The van der Waals surface area contributed by atoms with Gasteiger partial charge in [-0.25, -0.2) is 13.6 Å². The van der Waals surface area contributed by atoms with Crippen LogP contribution < -0.4 is 0 Å². The number of methoxy groups -OCH3 is 1. The maximum Gasteiger partial charge on any atom is 0.344 e. The van der Waals surface area contributed by atoms with E-state index >= 15 is 0 Å². The standard InChI is InChI=1S/C11H10F2O2/c1-15-11(14)10(13)7-4-8-2-5-9(12)6-3-8/h2-7,10H,1H3/b7-4+/t10-/m1/s1. The summed E-state index contributed by atoms with van der Waals surface area (Å²) < 4.78 is 29.6. The summed E-state index contributed by atoms with van der Waals surface area (Å²) in [6.45, 7) is 0. The number of esters is 1. The molecular weight excluding hydrogens is 202 g/mol. The first-order valence-electron chi connectivity index (χ1n) is 4.29. The molecule has 0 aliphatic carbocycles. The Bertz CT molecular complexity index is 357. The van der Waals surface area contributed by atoms with E-state index in [0.717, 1.165) is 13.2 Å². The molecule has 0 N–H and O–H groups in total. The maximum absolute atomic E-state index is 12.9. The van der Waals surface area contributed by atoms with Crippen molar-refractivity contribution >= 4 is 12.0 Å². The van der Waals surface area contributed by atoms with E-state index in [-0.39, 0.29) is 5.82 Å². The Morgan fingerprint density at radius 1 is 1.40 bits per heavy atom. The molecule has 0 aliphatic heterocycles. The molecule has 0 saturated carbocycles. The predicted molar refractivity (Wildman–Crippen MR) is 52.3 cm³/mol. The third-order valence-corrected chi connectivity index (χ3v) is 1.75. The summed E-state index contributed by atoms with van der Waals surface area (Å²) in [4.78, 5) is 10.7. The molecule has 0 amide bonds. The van der Waals surface area contributed by atoms with Crippen molar-refractivity contribution in [1.29, 1.82) is 0 Å². The van der Waals surface area contributed by atoms with Crippen molar-refractivity contribution in [3.63, 3.8) is 0 Å². The van der Waals surface area contributed by atoms with E-state index in [1.54, 1.807) is 0 Å². The highest BCUT2D eigenvalue weighted by Crippen LogP contribution is 2.06. The van der Waals surface area contributed by atoms with E-state index in [9.17, 15) is 13.6 Å². The average molecular weight is 212 g/mol. The van der Waals surface area contributed by atoms with E-state index < -0.39 is 12.1 Å². The molecule has 0 aromatic heterocycles. The molecule has 15 heavy (non-hydrogen) atoms. The molecule has 0 fully saturated rings. The van der Waals surface area contributed by atoms with Crippen LogP contribution in [0.1, 0.15) is 5.56 Å². The second kappa shape index (κ2) is 5.24. The minimum Gasteiger partial charge on any atom is -0.467 e. The van der Waals surface area contributed by atoms with E-state index in [1.165, 1.54) is 30.3 Å². The van der Waals surface area contributed by atoms with Crippen molar-refractivity contribution in [3.8, 4) is 0 Å². The molecule has 2 nitrogen and oxygen atoms in total. The fraction of sp³-hybridized carbons (Fsp3) is 0.182. The molecule has 4 heteroatoms. The lowest BCUT2D eigenvalue weighted by Crippen LogP contribution is -2.13. The van der Waals surface area contributed by atoms with E-state index in [2.05, 4.69) is 4.74 Å². The van der Waals surface area contributed by atoms with Crippen LogP contribution in [-0.2, 0) is 9.53 Å². The van der Waals surface area contributed by atoms with Crippen molar-refractivity contribution in [1.82, 2.24) is 0 Å².